The molecule has 0 N–H and O–H groups in total. The van der Waals surface area contributed by atoms with Crippen LogP contribution in [-0.2, 0) is 0 Å². The smallest absolute Gasteiger partial charge is 0.143 e. The lowest BCUT2D eigenvalue weighted by Crippen LogP contribution is -2.10. The topological polar surface area (TPSA) is 16.4 Å². The zero-order valence-electron chi connectivity index (χ0n) is 34.0. The molecule has 11 rings (SSSR count). The second kappa shape index (κ2) is 16.1. The lowest BCUT2D eigenvalue weighted by atomic mass is 9.96. The van der Waals surface area contributed by atoms with Gasteiger partial charge in [0.15, 0.2) is 0 Å². The van der Waals surface area contributed by atoms with Crippen molar-refractivity contribution >= 4 is 39.0 Å². The lowest BCUT2D eigenvalue weighted by Gasteiger charge is -2.27. The Hall–Kier alpha value is -8.20. The third kappa shape index (κ3) is 7.14. The van der Waals surface area contributed by atoms with Crippen LogP contribution >= 0.6 is 0 Å². The standard InChI is InChI=1S/C60H41NO/c1-3-16-42(17-4-1)44-20-9-22-46(36-44)49-25-12-29-53(39-49)61(54-30-13-26-50(40-54)47-23-10-21-45(37-47)43-18-5-2-6-19-43)55-31-14-27-51(41-55)48-24-11-28-52(38-48)56-33-15-34-58-57-32-7-8-35-59(57)62-60(56)58/h1-41H. The van der Waals surface area contributed by atoms with Gasteiger partial charge < -0.3 is 9.32 Å². The van der Waals surface area contributed by atoms with Crippen LogP contribution in [0.4, 0.5) is 17.1 Å². The van der Waals surface area contributed by atoms with Crippen molar-refractivity contribution in [3.8, 4) is 66.8 Å². The summed E-state index contributed by atoms with van der Waals surface area (Å²) in [5, 5.41) is 2.26. The van der Waals surface area contributed by atoms with Gasteiger partial charge in [0.05, 0.1) is 0 Å². The molecular formula is C60H41NO. The van der Waals surface area contributed by atoms with Crippen LogP contribution in [0.3, 0.4) is 0 Å². The second-order valence-electron chi connectivity index (χ2n) is 15.7. The first kappa shape index (κ1) is 36.8. The summed E-state index contributed by atoms with van der Waals surface area (Å²) in [4.78, 5) is 2.39. The van der Waals surface area contributed by atoms with Gasteiger partial charge in [-0.1, -0.05) is 188 Å². The molecule has 0 aliphatic carbocycles. The average molecular weight is 792 g/mol. The molecule has 0 bridgehead atoms. The van der Waals surface area contributed by atoms with E-state index in [-0.39, 0.29) is 0 Å². The maximum atomic E-state index is 6.47. The van der Waals surface area contributed by atoms with Gasteiger partial charge in [-0.3, -0.25) is 0 Å². The van der Waals surface area contributed by atoms with Crippen molar-refractivity contribution in [2.24, 2.45) is 0 Å². The quantitative estimate of drug-likeness (QED) is 0.145. The number of hydrogen-bond donors (Lipinski definition) is 0. The number of para-hydroxylation sites is 2. The third-order valence-corrected chi connectivity index (χ3v) is 11.8. The first-order valence-corrected chi connectivity index (χ1v) is 21.2. The van der Waals surface area contributed by atoms with Gasteiger partial charge in [-0.05, 0) is 122 Å². The summed E-state index contributed by atoms with van der Waals surface area (Å²) in [5.74, 6) is 0. The molecule has 0 amide bonds. The fraction of sp³-hybridized carbons (Fsp3) is 0. The van der Waals surface area contributed by atoms with Crippen LogP contribution in [0.5, 0.6) is 0 Å². The fourth-order valence-corrected chi connectivity index (χ4v) is 8.78. The van der Waals surface area contributed by atoms with Gasteiger partial charge in [0.25, 0.3) is 0 Å². The van der Waals surface area contributed by atoms with Crippen molar-refractivity contribution < 1.29 is 4.42 Å². The summed E-state index contributed by atoms with van der Waals surface area (Å²) in [6.07, 6.45) is 0. The number of nitrogens with zero attached hydrogens (tertiary/aromatic N) is 1. The maximum absolute atomic E-state index is 6.47. The largest absolute Gasteiger partial charge is 0.455 e. The molecule has 2 nitrogen and oxygen atoms in total. The second-order valence-corrected chi connectivity index (χ2v) is 15.7. The first-order chi connectivity index (χ1) is 30.7. The van der Waals surface area contributed by atoms with Crippen LogP contribution in [0.15, 0.2) is 253 Å². The van der Waals surface area contributed by atoms with Gasteiger partial charge in [-0.25, -0.2) is 0 Å². The van der Waals surface area contributed by atoms with Crippen molar-refractivity contribution in [1.82, 2.24) is 0 Å². The molecule has 10 aromatic carbocycles. The van der Waals surface area contributed by atoms with Crippen molar-refractivity contribution in [3.63, 3.8) is 0 Å². The molecule has 1 aromatic heterocycles. The third-order valence-electron chi connectivity index (χ3n) is 11.8. The Morgan fingerprint density at radius 1 is 0.242 bits per heavy atom. The normalized spacial score (nSPS) is 11.2. The van der Waals surface area contributed by atoms with Gasteiger partial charge >= 0.3 is 0 Å². The van der Waals surface area contributed by atoms with Gasteiger partial charge in [0.1, 0.15) is 11.2 Å². The molecule has 0 spiro atoms. The lowest BCUT2D eigenvalue weighted by molar-refractivity contribution is 0.670. The van der Waals surface area contributed by atoms with Gasteiger partial charge in [0, 0.05) is 33.4 Å². The minimum atomic E-state index is 0.903. The van der Waals surface area contributed by atoms with Crippen molar-refractivity contribution in [1.29, 1.82) is 0 Å². The van der Waals surface area contributed by atoms with E-state index in [1.807, 2.05) is 12.1 Å². The van der Waals surface area contributed by atoms with E-state index in [1.165, 1.54) is 33.4 Å². The molecule has 292 valence electrons. The van der Waals surface area contributed by atoms with E-state index in [0.29, 0.717) is 0 Å². The number of rotatable bonds is 9. The van der Waals surface area contributed by atoms with E-state index in [0.717, 1.165) is 72.4 Å². The Balaban J connectivity index is 1.02. The van der Waals surface area contributed by atoms with E-state index < -0.39 is 0 Å². The highest BCUT2D eigenvalue weighted by Crippen LogP contribution is 2.42. The fourth-order valence-electron chi connectivity index (χ4n) is 8.78. The summed E-state index contributed by atoms with van der Waals surface area (Å²) in [5.41, 5.74) is 18.9. The van der Waals surface area contributed by atoms with Crippen molar-refractivity contribution in [3.05, 3.63) is 249 Å². The van der Waals surface area contributed by atoms with Gasteiger partial charge in [-0.15, -0.1) is 0 Å². The molecule has 0 atom stereocenters. The number of fused-ring (bicyclic) bond motifs is 3. The number of furan rings is 1. The minimum Gasteiger partial charge on any atom is -0.455 e. The van der Waals surface area contributed by atoms with Crippen molar-refractivity contribution in [2.45, 2.75) is 0 Å². The van der Waals surface area contributed by atoms with Gasteiger partial charge in [-0.2, -0.15) is 0 Å². The predicted octanol–water partition coefficient (Wildman–Crippen LogP) is 17.1. The van der Waals surface area contributed by atoms with E-state index in [9.17, 15) is 0 Å². The Kier molecular flexibility index (Phi) is 9.57. The molecule has 1 heterocycles. The highest BCUT2D eigenvalue weighted by atomic mass is 16.3. The molecule has 2 heteroatoms. The monoisotopic (exact) mass is 791 g/mol. The van der Waals surface area contributed by atoms with Crippen LogP contribution in [0.2, 0.25) is 0 Å². The minimum absolute atomic E-state index is 0.903. The molecule has 0 unspecified atom stereocenters. The zero-order valence-corrected chi connectivity index (χ0v) is 34.0. The molecule has 0 saturated carbocycles. The molecule has 0 fully saturated rings. The highest BCUT2D eigenvalue weighted by molar-refractivity contribution is 6.09. The Morgan fingerprint density at radius 3 is 1.08 bits per heavy atom. The van der Waals surface area contributed by atoms with Crippen LogP contribution in [0.1, 0.15) is 0 Å². The van der Waals surface area contributed by atoms with Crippen molar-refractivity contribution in [2.75, 3.05) is 4.90 Å². The van der Waals surface area contributed by atoms with E-state index in [4.69, 9.17) is 4.42 Å². The molecular weight excluding hydrogens is 751 g/mol. The SMILES string of the molecule is c1ccc(-c2cccc(-c3cccc(N(c4cccc(-c5cccc(-c6ccccc6)c5)c4)c4cccc(-c5cccc(-c6cccc7c6oc6ccccc67)c5)c4)c3)c2)cc1. The number of hydrogen-bond acceptors (Lipinski definition) is 2. The Labute approximate surface area is 362 Å². The molecule has 0 aliphatic heterocycles. The van der Waals surface area contributed by atoms with E-state index in [1.54, 1.807) is 0 Å². The number of benzene rings is 10. The molecule has 11 aromatic rings. The van der Waals surface area contributed by atoms with E-state index >= 15 is 0 Å². The zero-order chi connectivity index (χ0) is 41.2. The predicted molar refractivity (Wildman–Crippen MR) is 261 cm³/mol. The summed E-state index contributed by atoms with van der Waals surface area (Å²) in [6, 6.07) is 89.1. The average Bonchev–Trinajstić information content (AvgIpc) is 3.74. The summed E-state index contributed by atoms with van der Waals surface area (Å²) >= 11 is 0. The molecule has 0 saturated heterocycles. The summed E-state index contributed by atoms with van der Waals surface area (Å²) in [6.45, 7) is 0. The molecule has 0 radical (unpaired) electrons. The molecule has 0 aliphatic rings. The molecule has 62 heavy (non-hydrogen) atoms. The summed E-state index contributed by atoms with van der Waals surface area (Å²) < 4.78 is 6.47. The Morgan fingerprint density at radius 2 is 0.581 bits per heavy atom. The van der Waals surface area contributed by atoms with Gasteiger partial charge in [0.2, 0.25) is 0 Å². The summed E-state index contributed by atoms with van der Waals surface area (Å²) in [7, 11) is 0. The number of anilines is 3. The van der Waals surface area contributed by atoms with E-state index in [2.05, 4.69) is 241 Å². The maximum Gasteiger partial charge on any atom is 0.143 e. The first-order valence-electron chi connectivity index (χ1n) is 21.2. The van der Waals surface area contributed by atoms with Crippen LogP contribution in [0, 0.1) is 0 Å². The Bertz CT molecular complexity index is 3240. The van der Waals surface area contributed by atoms with Crippen LogP contribution in [-0.4, -0.2) is 0 Å². The highest BCUT2D eigenvalue weighted by Gasteiger charge is 2.17. The van der Waals surface area contributed by atoms with Crippen LogP contribution in [0.25, 0.3) is 88.7 Å². The van der Waals surface area contributed by atoms with Crippen LogP contribution < -0.4 is 4.90 Å².